The summed E-state index contributed by atoms with van der Waals surface area (Å²) >= 11 is 6.46. The van der Waals surface area contributed by atoms with Crippen LogP contribution < -0.4 is 14.5 Å². The van der Waals surface area contributed by atoms with Gasteiger partial charge in [-0.15, -0.1) is 0 Å². The number of anilines is 2. The molecule has 0 radical (unpaired) electrons. The Morgan fingerprint density at radius 1 is 1.23 bits per heavy atom. The molecule has 0 N–H and O–H groups in total. The van der Waals surface area contributed by atoms with Crippen LogP contribution in [0.1, 0.15) is 38.2 Å². The lowest BCUT2D eigenvalue weighted by atomic mass is 9.96. The maximum Gasteiger partial charge on any atom is 0.282 e. The van der Waals surface area contributed by atoms with Gasteiger partial charge in [-0.3, -0.25) is 0 Å². The van der Waals surface area contributed by atoms with Gasteiger partial charge in [0, 0.05) is 19.4 Å². The largest absolute Gasteiger partial charge is 0.489 e. The average molecular weight is 451 g/mol. The van der Waals surface area contributed by atoms with Crippen LogP contribution in [0.15, 0.2) is 30.6 Å². The van der Waals surface area contributed by atoms with Crippen LogP contribution in [0, 0.1) is 0 Å². The van der Waals surface area contributed by atoms with Gasteiger partial charge in [0.2, 0.25) is 0 Å². The summed E-state index contributed by atoms with van der Waals surface area (Å²) in [6.45, 7) is 4.17. The smallest absolute Gasteiger partial charge is 0.282 e. The van der Waals surface area contributed by atoms with Crippen molar-refractivity contribution in [3.8, 4) is 5.75 Å². The zero-order valence-corrected chi connectivity index (χ0v) is 18.3. The predicted octanol–water partition coefficient (Wildman–Crippen LogP) is 4.33. The third kappa shape index (κ3) is 4.89. The van der Waals surface area contributed by atoms with Crippen molar-refractivity contribution < 1.29 is 18.3 Å². The molecule has 2 aliphatic rings. The maximum atomic E-state index is 13.2. The standard InChI is InChI=1S/C22H25ClF2N4O2/c1-14(9-15(2)30)16-3-5-17(6-4-16)31-18-7-8-28(10-18)20-19(23)21(27-13-26-20)29-11-22(24,25)12-29/h3-6,13-14,18H,7-12H2,1-2H3/t14-,18-/m1/s1. The molecule has 0 unspecified atom stereocenters. The summed E-state index contributed by atoms with van der Waals surface area (Å²) in [5, 5.41) is 0.294. The highest BCUT2D eigenvalue weighted by Gasteiger charge is 2.45. The van der Waals surface area contributed by atoms with Crippen molar-refractivity contribution in [2.45, 2.75) is 44.6 Å². The molecule has 1 aromatic heterocycles. The fourth-order valence-electron chi connectivity index (χ4n) is 4.09. The molecule has 9 heteroatoms. The van der Waals surface area contributed by atoms with E-state index in [9.17, 15) is 13.6 Å². The summed E-state index contributed by atoms with van der Waals surface area (Å²) in [4.78, 5) is 23.2. The van der Waals surface area contributed by atoms with E-state index >= 15 is 0 Å². The van der Waals surface area contributed by atoms with Crippen molar-refractivity contribution in [3.05, 3.63) is 41.2 Å². The Kier molecular flexibility index (Phi) is 6.01. The summed E-state index contributed by atoms with van der Waals surface area (Å²) in [7, 11) is 0. The highest BCUT2D eigenvalue weighted by atomic mass is 35.5. The van der Waals surface area contributed by atoms with Crippen molar-refractivity contribution in [1.29, 1.82) is 0 Å². The molecule has 166 valence electrons. The molecule has 6 nitrogen and oxygen atoms in total. The van der Waals surface area contributed by atoms with Crippen LogP contribution in [0.2, 0.25) is 5.02 Å². The van der Waals surface area contributed by atoms with Crippen molar-refractivity contribution in [2.75, 3.05) is 36.0 Å². The molecule has 0 amide bonds. The fourth-order valence-corrected chi connectivity index (χ4v) is 4.42. The van der Waals surface area contributed by atoms with Gasteiger partial charge in [0.1, 0.15) is 29.0 Å². The number of nitrogens with zero attached hydrogens (tertiary/aromatic N) is 4. The number of rotatable bonds is 7. The second-order valence-corrected chi connectivity index (χ2v) is 8.78. The van der Waals surface area contributed by atoms with Gasteiger partial charge < -0.3 is 19.3 Å². The van der Waals surface area contributed by atoms with E-state index in [2.05, 4.69) is 9.97 Å². The van der Waals surface area contributed by atoms with Crippen molar-refractivity contribution >= 4 is 29.0 Å². The number of carbonyl (C=O) groups excluding carboxylic acids is 1. The van der Waals surface area contributed by atoms with Gasteiger partial charge in [0.05, 0.1) is 19.6 Å². The summed E-state index contributed by atoms with van der Waals surface area (Å²) in [5.74, 6) is -0.691. The van der Waals surface area contributed by atoms with Crippen LogP contribution in [-0.2, 0) is 4.79 Å². The number of halogens is 3. The van der Waals surface area contributed by atoms with Crippen molar-refractivity contribution in [1.82, 2.24) is 9.97 Å². The topological polar surface area (TPSA) is 58.6 Å². The highest BCUT2D eigenvalue weighted by molar-refractivity contribution is 6.35. The number of Topliss-reactive ketones (excluding diaryl/α,β-unsaturated/α-hetero) is 1. The SMILES string of the molecule is CC(=O)C[C@@H](C)c1ccc(O[C@@H]2CCN(c3ncnc(N4CC(F)(F)C4)c3Cl)C2)cc1. The quantitative estimate of drug-likeness (QED) is 0.626. The number of hydrogen-bond acceptors (Lipinski definition) is 6. The molecule has 1 aromatic carbocycles. The monoisotopic (exact) mass is 450 g/mol. The molecule has 3 heterocycles. The molecule has 2 fully saturated rings. The van der Waals surface area contributed by atoms with E-state index in [0.29, 0.717) is 36.2 Å². The Morgan fingerprint density at radius 3 is 2.48 bits per heavy atom. The van der Waals surface area contributed by atoms with Gasteiger partial charge in [-0.05, 0) is 30.5 Å². The number of alkyl halides is 2. The van der Waals surface area contributed by atoms with Gasteiger partial charge in [-0.25, -0.2) is 18.7 Å². The minimum absolute atomic E-state index is 0.0386. The molecule has 2 saturated heterocycles. The first-order valence-electron chi connectivity index (χ1n) is 10.4. The molecule has 0 bridgehead atoms. The summed E-state index contributed by atoms with van der Waals surface area (Å²) in [6.07, 6.45) is 2.64. The number of ether oxygens (including phenoxy) is 1. The van der Waals surface area contributed by atoms with Crippen LogP contribution in [0.3, 0.4) is 0 Å². The van der Waals surface area contributed by atoms with Crippen LogP contribution in [-0.4, -0.2) is 54.0 Å². The van der Waals surface area contributed by atoms with E-state index in [1.807, 2.05) is 36.1 Å². The minimum atomic E-state index is -2.69. The third-order valence-corrected chi connectivity index (χ3v) is 6.02. The van der Waals surface area contributed by atoms with Gasteiger partial charge in [0.25, 0.3) is 5.92 Å². The van der Waals surface area contributed by atoms with E-state index in [4.69, 9.17) is 16.3 Å². The van der Waals surface area contributed by atoms with Gasteiger partial charge >= 0.3 is 0 Å². The minimum Gasteiger partial charge on any atom is -0.489 e. The van der Waals surface area contributed by atoms with E-state index in [-0.39, 0.29) is 30.9 Å². The number of aromatic nitrogens is 2. The van der Waals surface area contributed by atoms with Crippen LogP contribution in [0.25, 0.3) is 0 Å². The lowest BCUT2D eigenvalue weighted by Gasteiger charge is -2.40. The molecular weight excluding hydrogens is 426 g/mol. The molecule has 0 aliphatic carbocycles. The van der Waals surface area contributed by atoms with E-state index < -0.39 is 5.92 Å². The van der Waals surface area contributed by atoms with E-state index in [1.165, 1.54) is 11.2 Å². The van der Waals surface area contributed by atoms with Gasteiger partial charge in [-0.2, -0.15) is 0 Å². The van der Waals surface area contributed by atoms with Gasteiger partial charge in [0.15, 0.2) is 11.6 Å². The van der Waals surface area contributed by atoms with E-state index in [0.717, 1.165) is 17.7 Å². The van der Waals surface area contributed by atoms with Gasteiger partial charge in [-0.1, -0.05) is 30.7 Å². The average Bonchev–Trinajstić information content (AvgIpc) is 3.14. The fraction of sp³-hybridized carbons (Fsp3) is 0.500. The zero-order chi connectivity index (χ0) is 22.2. The number of hydrogen-bond donors (Lipinski definition) is 0. The molecule has 2 aromatic rings. The summed E-state index contributed by atoms with van der Waals surface area (Å²) < 4.78 is 32.6. The predicted molar refractivity (Wildman–Crippen MR) is 116 cm³/mol. The first kappa shape index (κ1) is 21.7. The van der Waals surface area contributed by atoms with Crippen LogP contribution in [0.4, 0.5) is 20.4 Å². The molecule has 0 saturated carbocycles. The Bertz CT molecular complexity index is 949. The molecule has 4 rings (SSSR count). The third-order valence-electron chi connectivity index (χ3n) is 5.69. The Morgan fingerprint density at radius 2 is 1.87 bits per heavy atom. The second kappa shape index (κ2) is 8.57. The molecule has 2 aliphatic heterocycles. The molecule has 2 atom stereocenters. The van der Waals surface area contributed by atoms with Crippen molar-refractivity contribution in [3.63, 3.8) is 0 Å². The first-order chi connectivity index (χ1) is 14.7. The molecular formula is C22H25ClF2N4O2. The maximum absolute atomic E-state index is 13.2. The number of benzene rings is 1. The molecule has 31 heavy (non-hydrogen) atoms. The molecule has 0 spiro atoms. The highest BCUT2D eigenvalue weighted by Crippen LogP contribution is 2.38. The Balaban J connectivity index is 1.37. The second-order valence-electron chi connectivity index (χ2n) is 8.40. The number of carbonyl (C=O) groups is 1. The summed E-state index contributed by atoms with van der Waals surface area (Å²) in [6, 6.07) is 7.83. The zero-order valence-electron chi connectivity index (χ0n) is 17.5. The van der Waals surface area contributed by atoms with Crippen LogP contribution >= 0.6 is 11.6 Å². The lowest BCUT2D eigenvalue weighted by molar-refractivity contribution is -0.117. The normalized spacial score (nSPS) is 21.0. The first-order valence-corrected chi connectivity index (χ1v) is 10.7. The Labute approximate surface area is 185 Å². The Hall–Kier alpha value is -2.48. The van der Waals surface area contributed by atoms with Crippen LogP contribution in [0.5, 0.6) is 5.75 Å². The number of ketones is 1. The lowest BCUT2D eigenvalue weighted by Crippen LogP contribution is -2.56. The van der Waals surface area contributed by atoms with Crippen molar-refractivity contribution in [2.24, 2.45) is 0 Å². The van der Waals surface area contributed by atoms with E-state index in [1.54, 1.807) is 6.92 Å². The summed E-state index contributed by atoms with van der Waals surface area (Å²) in [5.41, 5.74) is 1.10.